The molecular formula is C7H7ClN2O2S. The summed E-state index contributed by atoms with van der Waals surface area (Å²) in [6.07, 6.45) is 0. The van der Waals surface area contributed by atoms with Gasteiger partial charge in [0.15, 0.2) is 0 Å². The van der Waals surface area contributed by atoms with Gasteiger partial charge in [0.05, 0.1) is 16.5 Å². The molecule has 0 aliphatic carbocycles. The maximum absolute atomic E-state index is 10.3. The van der Waals surface area contributed by atoms with E-state index in [4.69, 9.17) is 11.6 Å². The van der Waals surface area contributed by atoms with Gasteiger partial charge in [0.25, 0.3) is 0 Å². The fraction of sp³-hybridized carbons (Fsp3) is 0.143. The van der Waals surface area contributed by atoms with Gasteiger partial charge in [-0.15, -0.1) is 0 Å². The summed E-state index contributed by atoms with van der Waals surface area (Å²) in [5, 5.41) is 14.5. The molecule has 0 unspecified atom stereocenters. The Morgan fingerprint density at radius 2 is 2.46 bits per heavy atom. The van der Waals surface area contributed by atoms with Crippen LogP contribution in [-0.2, 0) is 0 Å². The molecule has 6 heteroatoms. The fourth-order valence-electron chi connectivity index (χ4n) is 0.704. The minimum Gasteiger partial charge on any atom is -0.372 e. The molecule has 0 amide bonds. The van der Waals surface area contributed by atoms with Crippen molar-refractivity contribution in [3.63, 3.8) is 0 Å². The summed E-state index contributed by atoms with van der Waals surface area (Å²) < 4.78 is 0. The van der Waals surface area contributed by atoms with Crippen molar-refractivity contribution in [1.82, 2.24) is 0 Å². The summed E-state index contributed by atoms with van der Waals surface area (Å²) in [5.74, 6) is 0. The van der Waals surface area contributed by atoms with Gasteiger partial charge in [-0.25, -0.2) is 0 Å². The second kappa shape index (κ2) is 4.25. The van der Waals surface area contributed by atoms with Crippen LogP contribution >= 0.6 is 22.9 Å². The number of halogens is 1. The van der Waals surface area contributed by atoms with Gasteiger partial charge >= 0.3 is 5.00 Å². The van der Waals surface area contributed by atoms with Crippen LogP contribution in [0.15, 0.2) is 23.7 Å². The Morgan fingerprint density at radius 1 is 1.77 bits per heavy atom. The van der Waals surface area contributed by atoms with Crippen molar-refractivity contribution in [2.45, 2.75) is 0 Å². The van der Waals surface area contributed by atoms with E-state index < -0.39 is 4.92 Å². The molecule has 0 spiro atoms. The molecule has 1 aromatic heterocycles. The van der Waals surface area contributed by atoms with Crippen molar-refractivity contribution in [2.24, 2.45) is 0 Å². The van der Waals surface area contributed by atoms with Crippen LogP contribution in [-0.4, -0.2) is 11.5 Å². The van der Waals surface area contributed by atoms with Crippen LogP contribution in [0.4, 0.5) is 10.0 Å². The predicted octanol–water partition coefficient (Wildman–Crippen LogP) is 2.82. The summed E-state index contributed by atoms with van der Waals surface area (Å²) in [4.78, 5) is 9.87. The summed E-state index contributed by atoms with van der Waals surface area (Å²) in [6, 6.07) is 3.09. The Kier molecular flexibility index (Phi) is 3.27. The quantitative estimate of drug-likeness (QED) is 0.625. The average molecular weight is 219 g/mol. The van der Waals surface area contributed by atoms with Crippen molar-refractivity contribution in [3.8, 4) is 0 Å². The Balaban J connectivity index is 2.59. The van der Waals surface area contributed by atoms with E-state index in [1.54, 1.807) is 6.07 Å². The number of nitro groups is 1. The smallest absolute Gasteiger partial charge is 0.326 e. The molecule has 0 saturated carbocycles. The van der Waals surface area contributed by atoms with Gasteiger partial charge in [0.2, 0.25) is 0 Å². The van der Waals surface area contributed by atoms with Crippen LogP contribution in [0.5, 0.6) is 0 Å². The highest BCUT2D eigenvalue weighted by molar-refractivity contribution is 7.19. The molecule has 0 fully saturated rings. The highest BCUT2D eigenvalue weighted by Gasteiger charge is 2.08. The maximum atomic E-state index is 10.3. The van der Waals surface area contributed by atoms with E-state index in [-0.39, 0.29) is 5.00 Å². The van der Waals surface area contributed by atoms with Crippen molar-refractivity contribution in [2.75, 3.05) is 11.9 Å². The maximum Gasteiger partial charge on any atom is 0.326 e. The Bertz CT molecular complexity index is 337. The SMILES string of the molecule is C=C(Cl)CNc1ccc([N+](=O)[O-])s1. The third-order valence-corrected chi connectivity index (χ3v) is 2.35. The second-order valence-corrected chi connectivity index (χ2v) is 3.86. The van der Waals surface area contributed by atoms with Gasteiger partial charge in [0.1, 0.15) is 0 Å². The highest BCUT2D eigenvalue weighted by atomic mass is 35.5. The number of hydrogen-bond donors (Lipinski definition) is 1. The van der Waals surface area contributed by atoms with Crippen molar-refractivity contribution < 1.29 is 4.92 Å². The molecule has 70 valence electrons. The minimum absolute atomic E-state index is 0.114. The third-order valence-electron chi connectivity index (χ3n) is 1.23. The van der Waals surface area contributed by atoms with Gasteiger partial charge < -0.3 is 5.32 Å². The molecular weight excluding hydrogens is 212 g/mol. The normalized spacial score (nSPS) is 9.62. The van der Waals surface area contributed by atoms with E-state index in [0.29, 0.717) is 16.6 Å². The van der Waals surface area contributed by atoms with Crippen molar-refractivity contribution in [3.05, 3.63) is 33.9 Å². The zero-order valence-electron chi connectivity index (χ0n) is 6.62. The molecule has 0 radical (unpaired) electrons. The zero-order chi connectivity index (χ0) is 9.84. The predicted molar refractivity (Wildman–Crippen MR) is 54.5 cm³/mol. The first-order valence-electron chi connectivity index (χ1n) is 3.41. The fourth-order valence-corrected chi connectivity index (χ4v) is 1.49. The minimum atomic E-state index is -0.425. The zero-order valence-corrected chi connectivity index (χ0v) is 8.19. The monoisotopic (exact) mass is 218 g/mol. The van der Waals surface area contributed by atoms with Gasteiger partial charge in [-0.3, -0.25) is 10.1 Å². The average Bonchev–Trinajstić information content (AvgIpc) is 2.48. The molecule has 0 aromatic carbocycles. The van der Waals surface area contributed by atoms with Gasteiger partial charge in [-0.2, -0.15) is 0 Å². The molecule has 0 atom stereocenters. The number of hydrogen-bond acceptors (Lipinski definition) is 4. The number of rotatable bonds is 4. The standard InChI is InChI=1S/C7H7ClN2O2S/c1-5(8)4-9-6-2-3-7(13-6)10(11)12/h2-3,9H,1,4H2. The number of nitrogens with zero attached hydrogens (tertiary/aromatic N) is 1. The lowest BCUT2D eigenvalue weighted by Crippen LogP contribution is -1.97. The Morgan fingerprint density at radius 3 is 2.92 bits per heavy atom. The van der Waals surface area contributed by atoms with E-state index in [1.807, 2.05) is 0 Å². The summed E-state index contributed by atoms with van der Waals surface area (Å²) in [6.45, 7) is 3.90. The number of thiophene rings is 1. The van der Waals surface area contributed by atoms with Crippen LogP contribution in [0.25, 0.3) is 0 Å². The largest absolute Gasteiger partial charge is 0.372 e. The molecule has 0 bridgehead atoms. The lowest BCUT2D eigenvalue weighted by Gasteiger charge is -1.98. The summed E-state index contributed by atoms with van der Waals surface area (Å²) in [5.41, 5.74) is 0. The van der Waals surface area contributed by atoms with E-state index in [2.05, 4.69) is 11.9 Å². The van der Waals surface area contributed by atoms with Crippen LogP contribution in [0.3, 0.4) is 0 Å². The molecule has 1 heterocycles. The van der Waals surface area contributed by atoms with Crippen LogP contribution < -0.4 is 5.32 Å². The lowest BCUT2D eigenvalue weighted by molar-refractivity contribution is -0.380. The summed E-state index contributed by atoms with van der Waals surface area (Å²) >= 11 is 6.58. The molecule has 1 aromatic rings. The molecule has 0 saturated heterocycles. The van der Waals surface area contributed by atoms with Gasteiger partial charge in [0, 0.05) is 11.1 Å². The number of nitrogens with one attached hydrogen (secondary N) is 1. The van der Waals surface area contributed by atoms with E-state index in [1.165, 1.54) is 6.07 Å². The van der Waals surface area contributed by atoms with Crippen LogP contribution in [0, 0.1) is 10.1 Å². The molecule has 13 heavy (non-hydrogen) atoms. The summed E-state index contributed by atoms with van der Waals surface area (Å²) in [7, 11) is 0. The molecule has 1 rings (SSSR count). The van der Waals surface area contributed by atoms with Crippen molar-refractivity contribution in [1.29, 1.82) is 0 Å². The first-order valence-corrected chi connectivity index (χ1v) is 4.60. The van der Waals surface area contributed by atoms with Crippen LogP contribution in [0.2, 0.25) is 0 Å². The van der Waals surface area contributed by atoms with Crippen molar-refractivity contribution >= 4 is 32.9 Å². The first-order chi connectivity index (χ1) is 6.09. The third kappa shape index (κ3) is 3.04. The lowest BCUT2D eigenvalue weighted by atomic mass is 10.5. The molecule has 1 N–H and O–H groups in total. The highest BCUT2D eigenvalue weighted by Crippen LogP contribution is 2.28. The Labute approximate surface area is 84.0 Å². The van der Waals surface area contributed by atoms with Crippen LogP contribution in [0.1, 0.15) is 0 Å². The first kappa shape index (κ1) is 10.0. The molecule has 0 aliphatic heterocycles. The molecule has 4 nitrogen and oxygen atoms in total. The van der Waals surface area contributed by atoms with E-state index in [0.717, 1.165) is 11.3 Å². The van der Waals surface area contributed by atoms with Gasteiger partial charge in [-0.1, -0.05) is 18.2 Å². The molecule has 0 aliphatic rings. The van der Waals surface area contributed by atoms with Gasteiger partial charge in [-0.05, 0) is 17.4 Å². The Hall–Kier alpha value is -1.07. The number of anilines is 1. The van der Waals surface area contributed by atoms with E-state index in [9.17, 15) is 10.1 Å². The topological polar surface area (TPSA) is 55.2 Å². The van der Waals surface area contributed by atoms with E-state index >= 15 is 0 Å². The second-order valence-electron chi connectivity index (χ2n) is 2.27.